The Kier molecular flexibility index (Phi) is 5.91. The van der Waals surface area contributed by atoms with E-state index in [1.54, 1.807) is 0 Å². The van der Waals surface area contributed by atoms with Crippen LogP contribution in [0.1, 0.15) is 24.2 Å². The van der Waals surface area contributed by atoms with Crippen molar-refractivity contribution in [1.29, 1.82) is 0 Å². The molecule has 0 aromatic heterocycles. The van der Waals surface area contributed by atoms with Crippen LogP contribution >= 0.6 is 24.0 Å². The largest absolute Gasteiger partial charge is 0.476 e. The molecule has 0 spiro atoms. The van der Waals surface area contributed by atoms with Gasteiger partial charge in [0.15, 0.2) is 5.78 Å². The topological polar surface area (TPSA) is 69.4 Å². The summed E-state index contributed by atoms with van der Waals surface area (Å²) in [5.74, 6) is 0.0122. The molecule has 0 N–H and O–H groups in total. The summed E-state index contributed by atoms with van der Waals surface area (Å²) in [6, 6.07) is 5.49. The van der Waals surface area contributed by atoms with E-state index in [0.717, 1.165) is 11.8 Å². The van der Waals surface area contributed by atoms with Gasteiger partial charge < -0.3 is 4.74 Å². The lowest BCUT2D eigenvalue weighted by atomic mass is 10.1. The van der Waals surface area contributed by atoms with Crippen LogP contribution in [-0.2, 0) is 4.74 Å². The number of ketones is 1. The SMILES string of the molecule is CC(C)OC(=S)SCC(=O)c1ccc([N+](=O)[O-])cc1. The van der Waals surface area contributed by atoms with Gasteiger partial charge in [-0.15, -0.1) is 0 Å². The highest BCUT2D eigenvalue weighted by molar-refractivity contribution is 8.23. The number of benzene rings is 1. The van der Waals surface area contributed by atoms with E-state index in [4.69, 9.17) is 17.0 Å². The highest BCUT2D eigenvalue weighted by atomic mass is 32.2. The van der Waals surface area contributed by atoms with Gasteiger partial charge in [-0.05, 0) is 38.2 Å². The molecule has 0 fully saturated rings. The quantitative estimate of drug-likeness (QED) is 0.360. The summed E-state index contributed by atoms with van der Waals surface area (Å²) in [6.07, 6.45) is -0.0190. The Balaban J connectivity index is 2.54. The number of hydrogen-bond acceptors (Lipinski definition) is 6. The van der Waals surface area contributed by atoms with E-state index in [1.807, 2.05) is 13.8 Å². The van der Waals surface area contributed by atoms with Crippen molar-refractivity contribution in [2.45, 2.75) is 20.0 Å². The van der Waals surface area contributed by atoms with Gasteiger partial charge in [0, 0.05) is 17.7 Å². The summed E-state index contributed by atoms with van der Waals surface area (Å²) in [7, 11) is 0. The van der Waals surface area contributed by atoms with Gasteiger partial charge in [0.25, 0.3) is 5.69 Å². The molecule has 0 saturated heterocycles. The second kappa shape index (κ2) is 7.20. The zero-order valence-corrected chi connectivity index (χ0v) is 12.1. The van der Waals surface area contributed by atoms with Crippen molar-refractivity contribution < 1.29 is 14.5 Å². The van der Waals surface area contributed by atoms with Gasteiger partial charge in [0.05, 0.1) is 16.8 Å². The Morgan fingerprint density at radius 3 is 2.47 bits per heavy atom. The van der Waals surface area contributed by atoms with Crippen LogP contribution in [0.5, 0.6) is 0 Å². The third-order valence-electron chi connectivity index (χ3n) is 2.05. The third kappa shape index (κ3) is 5.35. The molecule has 0 aliphatic rings. The lowest BCUT2D eigenvalue weighted by Crippen LogP contribution is -2.10. The number of ether oxygens (including phenoxy) is 1. The minimum absolute atomic E-state index is 0.0190. The van der Waals surface area contributed by atoms with Gasteiger partial charge in [0.1, 0.15) is 0 Å². The van der Waals surface area contributed by atoms with Crippen molar-refractivity contribution in [2.75, 3.05) is 5.75 Å². The van der Waals surface area contributed by atoms with Crippen LogP contribution in [0.4, 0.5) is 5.69 Å². The van der Waals surface area contributed by atoms with E-state index in [-0.39, 0.29) is 23.3 Å². The lowest BCUT2D eigenvalue weighted by molar-refractivity contribution is -0.384. The maximum Gasteiger partial charge on any atom is 0.269 e. The summed E-state index contributed by atoms with van der Waals surface area (Å²) in [5, 5.41) is 10.5. The van der Waals surface area contributed by atoms with Gasteiger partial charge in [-0.1, -0.05) is 11.8 Å². The molecule has 5 nitrogen and oxygen atoms in total. The first-order valence-corrected chi connectivity index (χ1v) is 6.90. The van der Waals surface area contributed by atoms with Crippen LogP contribution in [0.3, 0.4) is 0 Å². The Hall–Kier alpha value is -1.47. The third-order valence-corrected chi connectivity index (χ3v) is 3.24. The maximum absolute atomic E-state index is 11.8. The van der Waals surface area contributed by atoms with Crippen LogP contribution in [0.2, 0.25) is 0 Å². The summed E-state index contributed by atoms with van der Waals surface area (Å²) >= 11 is 6.10. The molecule has 1 rings (SSSR count). The van der Waals surface area contributed by atoms with Crippen molar-refractivity contribution in [3.8, 4) is 0 Å². The predicted octanol–water partition coefficient (Wildman–Crippen LogP) is 3.22. The summed E-state index contributed by atoms with van der Waals surface area (Å²) in [5.41, 5.74) is 0.383. The number of nitrogens with zero attached hydrogens (tertiary/aromatic N) is 1. The van der Waals surface area contributed by atoms with Crippen LogP contribution in [0.15, 0.2) is 24.3 Å². The highest BCUT2D eigenvalue weighted by Crippen LogP contribution is 2.15. The predicted molar refractivity (Wildman–Crippen MR) is 78.7 cm³/mol. The van der Waals surface area contributed by atoms with Crippen LogP contribution in [-0.4, -0.2) is 26.9 Å². The van der Waals surface area contributed by atoms with Gasteiger partial charge in [-0.3, -0.25) is 14.9 Å². The molecular formula is C12H13NO4S2. The molecule has 0 unspecified atom stereocenters. The Labute approximate surface area is 120 Å². The lowest BCUT2D eigenvalue weighted by Gasteiger charge is -2.09. The van der Waals surface area contributed by atoms with Gasteiger partial charge in [-0.2, -0.15) is 0 Å². The van der Waals surface area contributed by atoms with Crippen molar-refractivity contribution in [2.24, 2.45) is 0 Å². The molecule has 0 radical (unpaired) electrons. The van der Waals surface area contributed by atoms with Crippen LogP contribution < -0.4 is 0 Å². The fraction of sp³-hybridized carbons (Fsp3) is 0.333. The maximum atomic E-state index is 11.8. The summed E-state index contributed by atoms with van der Waals surface area (Å²) in [4.78, 5) is 21.8. The zero-order valence-electron chi connectivity index (χ0n) is 10.5. The summed E-state index contributed by atoms with van der Waals surface area (Å²) < 4.78 is 5.56. The first-order chi connectivity index (χ1) is 8.90. The standard InChI is InChI=1S/C12H13NO4S2/c1-8(2)17-12(18)19-7-11(14)9-3-5-10(6-4-9)13(15)16/h3-6,8H,7H2,1-2H3. The Bertz CT molecular complexity index is 485. The van der Waals surface area contributed by atoms with Crippen molar-refractivity contribution in [3.05, 3.63) is 39.9 Å². The highest BCUT2D eigenvalue weighted by Gasteiger charge is 2.11. The molecule has 0 amide bonds. The number of hydrogen-bond donors (Lipinski definition) is 0. The second-order valence-electron chi connectivity index (χ2n) is 3.93. The molecule has 0 aliphatic carbocycles. The van der Waals surface area contributed by atoms with Gasteiger partial charge in [-0.25, -0.2) is 0 Å². The minimum atomic E-state index is -0.505. The monoisotopic (exact) mass is 299 g/mol. The number of non-ortho nitro benzene ring substituents is 1. The van der Waals surface area contributed by atoms with E-state index in [1.165, 1.54) is 24.3 Å². The van der Waals surface area contributed by atoms with Gasteiger partial charge in [0.2, 0.25) is 4.38 Å². The van der Waals surface area contributed by atoms with Crippen molar-refractivity contribution >= 4 is 39.8 Å². The van der Waals surface area contributed by atoms with Crippen LogP contribution in [0, 0.1) is 10.1 Å². The normalized spacial score (nSPS) is 10.3. The van der Waals surface area contributed by atoms with E-state index in [0.29, 0.717) is 9.95 Å². The second-order valence-corrected chi connectivity index (χ2v) is 5.51. The molecule has 0 heterocycles. The molecule has 102 valence electrons. The first kappa shape index (κ1) is 15.6. The number of thiocarbonyl (C=S) groups is 1. The molecule has 0 atom stereocenters. The number of nitro groups is 1. The molecule has 0 aliphatic heterocycles. The molecule has 7 heteroatoms. The molecular weight excluding hydrogens is 286 g/mol. The number of rotatable bonds is 5. The first-order valence-electron chi connectivity index (χ1n) is 5.51. The van der Waals surface area contributed by atoms with Crippen molar-refractivity contribution in [3.63, 3.8) is 0 Å². The molecule has 1 aromatic carbocycles. The molecule has 0 saturated carbocycles. The number of thioether (sulfide) groups is 1. The average molecular weight is 299 g/mol. The van der Waals surface area contributed by atoms with E-state index in [9.17, 15) is 14.9 Å². The fourth-order valence-electron chi connectivity index (χ4n) is 1.20. The van der Waals surface area contributed by atoms with E-state index >= 15 is 0 Å². The number of carbonyl (C=O) groups excluding carboxylic acids is 1. The molecule has 1 aromatic rings. The number of Topliss-reactive ketones (excluding diaryl/α,β-unsaturated/α-hetero) is 1. The Morgan fingerprint density at radius 1 is 1.42 bits per heavy atom. The van der Waals surface area contributed by atoms with E-state index < -0.39 is 4.92 Å². The van der Waals surface area contributed by atoms with E-state index in [2.05, 4.69) is 0 Å². The zero-order chi connectivity index (χ0) is 14.4. The summed E-state index contributed by atoms with van der Waals surface area (Å²) in [6.45, 7) is 3.70. The van der Waals surface area contributed by atoms with Crippen LogP contribution in [0.25, 0.3) is 0 Å². The minimum Gasteiger partial charge on any atom is -0.476 e. The average Bonchev–Trinajstić information content (AvgIpc) is 2.35. The van der Waals surface area contributed by atoms with Gasteiger partial charge >= 0.3 is 0 Å². The molecule has 0 bridgehead atoms. The molecule has 19 heavy (non-hydrogen) atoms. The smallest absolute Gasteiger partial charge is 0.269 e. The number of nitro benzene ring substituents is 1. The fourth-order valence-corrected chi connectivity index (χ4v) is 2.25. The Morgan fingerprint density at radius 2 is 2.00 bits per heavy atom. The van der Waals surface area contributed by atoms with Crippen molar-refractivity contribution in [1.82, 2.24) is 0 Å². The number of carbonyl (C=O) groups is 1.